The van der Waals surface area contributed by atoms with Gasteiger partial charge in [0.15, 0.2) is 23.3 Å². The molecule has 6 heterocycles. The summed E-state index contributed by atoms with van der Waals surface area (Å²) in [5, 5.41) is 70.7. The molecular formula is C68H64F4N12O7S2. The highest BCUT2D eigenvalue weighted by Crippen LogP contribution is 2.53. The van der Waals surface area contributed by atoms with Crippen LogP contribution in [-0.2, 0) is 17.6 Å². The van der Waals surface area contributed by atoms with E-state index in [0.29, 0.717) is 105 Å². The molecule has 2 fully saturated rings. The van der Waals surface area contributed by atoms with Gasteiger partial charge in [-0.15, -0.1) is 5.10 Å². The molecule has 9 N–H and O–H groups in total. The molecule has 4 aromatic heterocycles. The van der Waals surface area contributed by atoms with Gasteiger partial charge in [0.05, 0.1) is 65.1 Å². The first kappa shape index (κ1) is 62.5. The molecule has 478 valence electrons. The molecule has 2 saturated carbocycles. The molecule has 0 saturated heterocycles. The largest absolute Gasteiger partial charge is 0.508 e. The Morgan fingerprint density at radius 1 is 0.677 bits per heavy atom. The van der Waals surface area contributed by atoms with Gasteiger partial charge in [-0.3, -0.25) is 0 Å². The number of amides is 1. The smallest absolute Gasteiger partial charge is 0.407 e. The van der Waals surface area contributed by atoms with Gasteiger partial charge in [0.1, 0.15) is 22.9 Å². The molecule has 1 amide bonds. The number of fused-ring (bicyclic) bond motifs is 10. The number of aromatic nitrogens is 7. The van der Waals surface area contributed by atoms with Crippen molar-refractivity contribution in [1.82, 2.24) is 40.2 Å². The Labute approximate surface area is 538 Å². The summed E-state index contributed by atoms with van der Waals surface area (Å²) in [6.45, 7) is 0.104. The zero-order valence-electron chi connectivity index (χ0n) is 49.9. The summed E-state index contributed by atoms with van der Waals surface area (Å²) in [5.74, 6) is -5.28. The summed E-state index contributed by atoms with van der Waals surface area (Å²) >= 11 is 0. The van der Waals surface area contributed by atoms with Crippen LogP contribution in [0.3, 0.4) is 0 Å². The van der Waals surface area contributed by atoms with Gasteiger partial charge in [0.2, 0.25) is 0 Å². The van der Waals surface area contributed by atoms with E-state index in [1.54, 1.807) is 72.8 Å². The fourth-order valence-electron chi connectivity index (χ4n) is 13.7. The maximum Gasteiger partial charge on any atom is 0.407 e. The van der Waals surface area contributed by atoms with Crippen LogP contribution in [0.5, 0.6) is 17.2 Å². The van der Waals surface area contributed by atoms with Crippen LogP contribution in [0.4, 0.5) is 28.0 Å². The Morgan fingerprint density at radius 3 is 1.72 bits per heavy atom. The van der Waals surface area contributed by atoms with Gasteiger partial charge in [0, 0.05) is 79.9 Å². The number of aryl methyl sites for hydroxylation is 1. The molecule has 93 heavy (non-hydrogen) atoms. The van der Waals surface area contributed by atoms with Crippen molar-refractivity contribution in [3.05, 3.63) is 165 Å². The highest BCUT2D eigenvalue weighted by molar-refractivity contribution is 8.76. The maximum atomic E-state index is 17.1. The number of nitrogens with zero attached hydrogens (tertiary/aromatic N) is 8. The summed E-state index contributed by atoms with van der Waals surface area (Å²) < 4.78 is 75.0. The number of H-pyrrole nitrogens is 2. The van der Waals surface area contributed by atoms with Gasteiger partial charge in [-0.05, 0) is 182 Å². The second kappa shape index (κ2) is 27.1. The standard InChI is InChI=1S/C68H64F4N12O7S2/c69-63-62(64(70)66(72)67(65(63)71)74-24-26-92-93-27-25-75-68(90)91-34-46-44-12-14-47-56(23-13-45(44)46)84(83-81-47)40-11-10-35(57(89)33-85)28-39(32-40)80-82-73)61-54-21-19-52(78-54)59(37-5-2-8-42(87)30-37)50-17-15-48(76-50)58(36-4-1-7-41(86)29-36)49-16-18-51(77-49)60(53-20-22-55(61)79-53)38-6-3-9-43(88)31-38/h1-9,15-22,29-31,35,39-40,44-46,57,74,76,79,85-89H,10-14,23-28,32-34H2,(H,75,90)/t35?,39?,40?,44-,45+,46+,57?/m1/s1. The third-order valence-corrected chi connectivity index (χ3v) is 20.6. The molecule has 8 bridgehead atoms. The van der Waals surface area contributed by atoms with E-state index >= 15 is 17.6 Å². The summed E-state index contributed by atoms with van der Waals surface area (Å²) in [5.41, 5.74) is 14.6. The summed E-state index contributed by atoms with van der Waals surface area (Å²) in [6.07, 6.45) is 10.9. The molecule has 2 aliphatic heterocycles. The van der Waals surface area contributed by atoms with Crippen LogP contribution in [-0.4, -0.2) is 117 Å². The third kappa shape index (κ3) is 13.0. The van der Waals surface area contributed by atoms with E-state index in [0.717, 1.165) is 37.1 Å². The Morgan fingerprint density at radius 2 is 1.19 bits per heavy atom. The topological polar surface area (TPSA) is 288 Å². The number of aliphatic hydroxyl groups excluding tert-OH is 2. The number of halogens is 4. The fraction of sp³-hybridized carbons (Fsp3) is 0.309. The Bertz CT molecular complexity index is 4420. The minimum atomic E-state index is -1.68. The lowest BCUT2D eigenvalue weighted by atomic mass is 9.93. The quantitative estimate of drug-likeness (QED) is 0.00565. The van der Waals surface area contributed by atoms with Gasteiger partial charge in [-0.1, -0.05) is 68.3 Å². The molecule has 5 aliphatic rings. The lowest BCUT2D eigenvalue weighted by Gasteiger charge is -2.20. The number of rotatable bonds is 18. The lowest BCUT2D eigenvalue weighted by Crippen LogP contribution is -2.27. The summed E-state index contributed by atoms with van der Waals surface area (Å²) in [4.78, 5) is 32.7. The second-order valence-electron chi connectivity index (χ2n) is 23.8. The van der Waals surface area contributed by atoms with E-state index in [2.05, 4.69) is 40.9 Å². The van der Waals surface area contributed by atoms with Crippen LogP contribution in [0.1, 0.15) is 78.7 Å². The van der Waals surface area contributed by atoms with Gasteiger partial charge in [-0.2, -0.15) is 0 Å². The Hall–Kier alpha value is -9.26. The molecule has 4 unspecified atom stereocenters. The van der Waals surface area contributed by atoms with Crippen molar-refractivity contribution in [2.45, 2.75) is 69.6 Å². The van der Waals surface area contributed by atoms with Gasteiger partial charge in [-0.25, -0.2) is 37.0 Å². The minimum absolute atomic E-state index is 0.0199. The number of hydrogen-bond donors (Lipinski definition) is 9. The zero-order valence-corrected chi connectivity index (χ0v) is 51.6. The first-order valence-electron chi connectivity index (χ1n) is 30.8. The number of aliphatic hydroxyl groups is 2. The van der Waals surface area contributed by atoms with Gasteiger partial charge < -0.3 is 50.9 Å². The molecule has 3 aliphatic carbocycles. The van der Waals surface area contributed by atoms with Gasteiger partial charge >= 0.3 is 6.09 Å². The van der Waals surface area contributed by atoms with Crippen LogP contribution in [0.25, 0.3) is 101 Å². The van der Waals surface area contributed by atoms with Crippen LogP contribution in [0, 0.1) is 46.9 Å². The number of hydrogen-bond acceptors (Lipinski definition) is 15. The predicted molar refractivity (Wildman–Crippen MR) is 352 cm³/mol. The number of ether oxygens (including phenoxy) is 1. The Kier molecular flexibility index (Phi) is 18.2. The first-order chi connectivity index (χ1) is 45.2. The van der Waals surface area contributed by atoms with Crippen LogP contribution < -0.4 is 10.6 Å². The number of aromatic amines is 2. The minimum Gasteiger partial charge on any atom is -0.508 e. The molecule has 25 heteroatoms. The SMILES string of the molecule is [N-]=[N+]=NC1CC(C(O)CO)CCC(n2nnc3c2CC[C@H]2[C@@H](CC3)[C@@H]2COC(=O)NCCSSCCNc2c(F)c(F)c(-c3c4nc(c(-c5cccc(O)c5)c5ccc([nH]5)c(-c5cccc(O)c5)c5nc(c(-c6cccc(O)c6)c6ccc3[nH]6)C=C5)C=C4)c(F)c2F)C1. The van der Waals surface area contributed by atoms with E-state index in [-0.39, 0.29) is 95.7 Å². The number of carbonyl (C=O) groups excluding carboxylic acids is 1. The summed E-state index contributed by atoms with van der Waals surface area (Å²) in [6, 6.07) is 26.0. The molecule has 0 spiro atoms. The van der Waals surface area contributed by atoms with Crippen LogP contribution in [0.2, 0.25) is 0 Å². The van der Waals surface area contributed by atoms with E-state index < -0.39 is 46.7 Å². The maximum absolute atomic E-state index is 17.1. The number of azide groups is 1. The monoisotopic (exact) mass is 1300 g/mol. The fourth-order valence-corrected chi connectivity index (χ4v) is 15.6. The highest BCUT2D eigenvalue weighted by atomic mass is 33.1. The normalized spacial score (nSPS) is 19.3. The average Bonchev–Trinajstić information content (AvgIpc) is 1.70. The number of benzene rings is 4. The van der Waals surface area contributed by atoms with E-state index in [1.165, 1.54) is 58.0 Å². The number of aromatic hydroxyl groups is 3. The van der Waals surface area contributed by atoms with Crippen molar-refractivity contribution in [2.24, 2.45) is 28.8 Å². The predicted octanol–water partition coefficient (Wildman–Crippen LogP) is 14.3. The molecule has 0 radical (unpaired) electrons. The Balaban J connectivity index is 0.697. The number of carbonyl (C=O) groups is 1. The third-order valence-electron chi connectivity index (χ3n) is 18.2. The van der Waals surface area contributed by atoms with Crippen molar-refractivity contribution in [3.8, 4) is 61.8 Å². The van der Waals surface area contributed by atoms with E-state index in [4.69, 9.17) is 14.7 Å². The first-order valence-corrected chi connectivity index (χ1v) is 33.3. The van der Waals surface area contributed by atoms with Crippen molar-refractivity contribution < 1.29 is 52.6 Å². The summed E-state index contributed by atoms with van der Waals surface area (Å²) in [7, 11) is 2.71. The molecule has 13 rings (SSSR count). The van der Waals surface area contributed by atoms with Crippen LogP contribution in [0.15, 0.2) is 102 Å². The van der Waals surface area contributed by atoms with E-state index in [9.17, 15) is 35.9 Å². The highest BCUT2D eigenvalue weighted by Gasteiger charge is 2.50. The molecular weight excluding hydrogens is 1240 g/mol. The molecule has 8 aromatic rings. The van der Waals surface area contributed by atoms with Crippen molar-refractivity contribution in [1.29, 1.82) is 0 Å². The number of phenolic OH excluding ortho intramolecular Hbond substituents is 3. The molecule has 4 aromatic carbocycles. The van der Waals surface area contributed by atoms with Gasteiger partial charge in [0.25, 0.3) is 0 Å². The van der Waals surface area contributed by atoms with Crippen molar-refractivity contribution in [3.63, 3.8) is 0 Å². The van der Waals surface area contributed by atoms with Crippen LogP contribution >= 0.6 is 21.6 Å². The average molecular weight is 1300 g/mol. The molecule has 7 atom stereocenters. The number of anilines is 1. The lowest BCUT2D eigenvalue weighted by molar-refractivity contribution is 0.0394. The van der Waals surface area contributed by atoms with Crippen molar-refractivity contribution >= 4 is 79.7 Å². The zero-order chi connectivity index (χ0) is 64.4. The number of phenols is 3. The van der Waals surface area contributed by atoms with Crippen molar-refractivity contribution in [2.75, 3.05) is 43.1 Å². The molecule has 19 nitrogen and oxygen atoms in total. The van der Waals surface area contributed by atoms with E-state index in [1.807, 2.05) is 16.8 Å². The number of nitrogens with one attached hydrogen (secondary N) is 4. The second-order valence-corrected chi connectivity index (χ2v) is 26.5. The number of alkyl carbamates (subject to hydrolysis) is 1.